The number of non-ortho nitro benzene ring substituents is 1. The monoisotopic (exact) mass is 561 g/mol. The van der Waals surface area contributed by atoms with Gasteiger partial charge in [-0.3, -0.25) is 19.7 Å². The Hall–Kier alpha value is -4.64. The molecule has 0 unspecified atom stereocenters. The van der Waals surface area contributed by atoms with Crippen LogP contribution in [0.15, 0.2) is 87.1 Å². The number of benzene rings is 3. The van der Waals surface area contributed by atoms with Crippen molar-refractivity contribution >= 4 is 56.1 Å². The molecule has 4 aromatic rings. The van der Waals surface area contributed by atoms with Gasteiger partial charge in [-0.15, -0.1) is 10.2 Å². The van der Waals surface area contributed by atoms with Gasteiger partial charge in [-0.05, 0) is 76.5 Å². The summed E-state index contributed by atoms with van der Waals surface area (Å²) in [5, 5.41) is 32.5. The van der Waals surface area contributed by atoms with Crippen molar-refractivity contribution in [2.45, 2.75) is 6.92 Å². The molecule has 0 spiro atoms. The first-order valence-electron chi connectivity index (χ1n) is 10.9. The summed E-state index contributed by atoms with van der Waals surface area (Å²) >= 11 is 3.48. The summed E-state index contributed by atoms with van der Waals surface area (Å²) in [5.74, 6) is -1.62. The molecule has 4 rings (SSSR count). The van der Waals surface area contributed by atoms with Gasteiger partial charge in [-0.25, -0.2) is 0 Å². The van der Waals surface area contributed by atoms with Crippen LogP contribution in [0.1, 0.15) is 21.5 Å². The Labute approximate surface area is 219 Å². The molecule has 37 heavy (non-hydrogen) atoms. The zero-order valence-electron chi connectivity index (χ0n) is 19.7. The third-order valence-electron chi connectivity index (χ3n) is 5.50. The first-order valence-corrected chi connectivity index (χ1v) is 11.7. The van der Waals surface area contributed by atoms with Gasteiger partial charge in [0, 0.05) is 34.6 Å². The van der Waals surface area contributed by atoms with Crippen LogP contribution in [0.4, 0.5) is 11.4 Å². The highest BCUT2D eigenvalue weighted by molar-refractivity contribution is 9.10. The van der Waals surface area contributed by atoms with Gasteiger partial charge in [-0.2, -0.15) is 0 Å². The van der Waals surface area contributed by atoms with Gasteiger partial charge in [0.05, 0.1) is 10.4 Å². The van der Waals surface area contributed by atoms with Crippen LogP contribution in [0.25, 0.3) is 17.0 Å². The molecule has 1 aromatic heterocycles. The van der Waals surface area contributed by atoms with Crippen LogP contribution in [0, 0.1) is 17.0 Å². The second kappa shape index (κ2) is 10.5. The van der Waals surface area contributed by atoms with E-state index in [-0.39, 0.29) is 23.0 Å². The fraction of sp³-hybridized carbons (Fsp3) is 0.0769. The fourth-order valence-corrected chi connectivity index (χ4v) is 4.52. The maximum Gasteiger partial charge on any atom is 0.311 e. The Balaban J connectivity index is 1.72. The van der Waals surface area contributed by atoms with E-state index in [4.69, 9.17) is 0 Å². The predicted molar refractivity (Wildman–Crippen MR) is 142 cm³/mol. The van der Waals surface area contributed by atoms with Crippen molar-refractivity contribution in [2.24, 2.45) is 17.3 Å². The van der Waals surface area contributed by atoms with Gasteiger partial charge in [0.2, 0.25) is 5.88 Å². The van der Waals surface area contributed by atoms with Crippen LogP contribution in [0.3, 0.4) is 0 Å². The van der Waals surface area contributed by atoms with Gasteiger partial charge >= 0.3 is 5.91 Å². The summed E-state index contributed by atoms with van der Waals surface area (Å²) in [6.07, 6.45) is 1.34. The first-order chi connectivity index (χ1) is 17.7. The topological polar surface area (TPSA) is 139 Å². The van der Waals surface area contributed by atoms with Crippen molar-refractivity contribution in [1.82, 2.24) is 9.88 Å². The summed E-state index contributed by atoms with van der Waals surface area (Å²) in [5.41, 5.74) is 2.08. The third kappa shape index (κ3) is 5.46. The highest BCUT2D eigenvalue weighted by Crippen LogP contribution is 2.41. The number of aromatic hydroxyl groups is 1. The van der Waals surface area contributed by atoms with E-state index in [1.54, 1.807) is 37.4 Å². The Kier molecular flexibility index (Phi) is 7.25. The lowest BCUT2D eigenvalue weighted by Gasteiger charge is -2.07. The van der Waals surface area contributed by atoms with Crippen molar-refractivity contribution in [1.29, 1.82) is 0 Å². The van der Waals surface area contributed by atoms with Gasteiger partial charge in [0.25, 0.3) is 11.6 Å². The molecule has 0 aliphatic carbocycles. The maximum absolute atomic E-state index is 13.1. The third-order valence-corrected chi connectivity index (χ3v) is 6.10. The summed E-state index contributed by atoms with van der Waals surface area (Å²) in [7, 11) is 1.65. The normalized spacial score (nSPS) is 11.7. The van der Waals surface area contributed by atoms with E-state index >= 15 is 0 Å². The zero-order valence-corrected chi connectivity index (χ0v) is 21.3. The van der Waals surface area contributed by atoms with E-state index in [0.717, 1.165) is 10.0 Å². The summed E-state index contributed by atoms with van der Waals surface area (Å²) in [4.78, 5) is 36.3. The van der Waals surface area contributed by atoms with Crippen molar-refractivity contribution in [3.63, 3.8) is 0 Å². The lowest BCUT2D eigenvalue weighted by atomic mass is 10.1. The number of azo groups is 1. The van der Waals surface area contributed by atoms with Gasteiger partial charge in [-0.1, -0.05) is 18.2 Å². The molecule has 0 saturated heterocycles. The lowest BCUT2D eigenvalue weighted by Crippen LogP contribution is -2.26. The van der Waals surface area contributed by atoms with Gasteiger partial charge < -0.3 is 15.0 Å². The zero-order chi connectivity index (χ0) is 26.7. The number of aryl methyl sites for hydroxylation is 2. The largest absolute Gasteiger partial charge is 0.493 e. The van der Waals surface area contributed by atoms with Crippen LogP contribution < -0.4 is 5.32 Å². The number of hydrogen-bond donors (Lipinski definition) is 2. The quantitative estimate of drug-likeness (QED) is 0.130. The molecule has 1 heterocycles. The van der Waals surface area contributed by atoms with Gasteiger partial charge in [0.1, 0.15) is 5.70 Å². The SMILES string of the molecule is Cc1cc(Br)c2c(c1)c(N=NC(=O)C(=Cc1ccc([N+](=O)[O-])cc1)NC(=O)c1ccccc1)c(O)n2C. The van der Waals surface area contributed by atoms with Crippen LogP contribution >= 0.6 is 15.9 Å². The Bertz CT molecular complexity index is 1590. The molecule has 0 fully saturated rings. The molecular formula is C26H20BrN5O5. The highest BCUT2D eigenvalue weighted by Gasteiger charge is 2.19. The molecule has 3 aromatic carbocycles. The number of nitrogens with one attached hydrogen (secondary N) is 1. The number of carbonyl (C=O) groups is 2. The summed E-state index contributed by atoms with van der Waals surface area (Å²) in [6, 6.07) is 17.4. The number of fused-ring (bicyclic) bond motifs is 1. The number of halogens is 1. The number of nitro benzene ring substituents is 1. The number of hydrogen-bond acceptors (Lipinski definition) is 6. The second-order valence-electron chi connectivity index (χ2n) is 8.11. The average Bonchev–Trinajstić information content (AvgIpc) is 3.11. The lowest BCUT2D eigenvalue weighted by molar-refractivity contribution is -0.384. The molecular weight excluding hydrogens is 542 g/mol. The number of amides is 2. The van der Waals surface area contributed by atoms with Crippen LogP contribution in [-0.2, 0) is 11.8 Å². The molecule has 11 heteroatoms. The number of rotatable bonds is 6. The van der Waals surface area contributed by atoms with E-state index in [1.807, 2.05) is 19.1 Å². The van der Waals surface area contributed by atoms with E-state index in [2.05, 4.69) is 31.5 Å². The molecule has 186 valence electrons. The molecule has 2 N–H and O–H groups in total. The van der Waals surface area contributed by atoms with Crippen molar-refractivity contribution in [2.75, 3.05) is 0 Å². The smallest absolute Gasteiger partial charge is 0.311 e. The molecule has 0 aliphatic heterocycles. The molecule has 0 radical (unpaired) electrons. The summed E-state index contributed by atoms with van der Waals surface area (Å²) < 4.78 is 2.25. The van der Waals surface area contributed by atoms with Crippen molar-refractivity contribution < 1.29 is 19.6 Å². The van der Waals surface area contributed by atoms with E-state index in [1.165, 1.54) is 34.9 Å². The molecule has 2 amide bonds. The summed E-state index contributed by atoms with van der Waals surface area (Å²) in [6.45, 7) is 1.88. The molecule has 0 atom stereocenters. The van der Waals surface area contributed by atoms with Crippen LogP contribution in [0.2, 0.25) is 0 Å². The van der Waals surface area contributed by atoms with Crippen LogP contribution in [-0.4, -0.2) is 26.4 Å². The molecule has 0 saturated carbocycles. The van der Waals surface area contributed by atoms with E-state index in [0.29, 0.717) is 22.0 Å². The number of carbonyl (C=O) groups excluding carboxylic acids is 2. The predicted octanol–water partition coefficient (Wildman–Crippen LogP) is 5.94. The van der Waals surface area contributed by atoms with E-state index in [9.17, 15) is 24.8 Å². The number of nitro groups is 1. The van der Waals surface area contributed by atoms with Crippen molar-refractivity contribution in [3.8, 4) is 5.88 Å². The minimum absolute atomic E-state index is 0.0966. The van der Waals surface area contributed by atoms with E-state index < -0.39 is 16.7 Å². The number of aromatic nitrogens is 1. The Morgan fingerprint density at radius 1 is 1.11 bits per heavy atom. The highest BCUT2D eigenvalue weighted by atomic mass is 79.9. The fourth-order valence-electron chi connectivity index (χ4n) is 3.68. The Morgan fingerprint density at radius 3 is 2.43 bits per heavy atom. The minimum Gasteiger partial charge on any atom is -0.493 e. The molecule has 0 bridgehead atoms. The second-order valence-corrected chi connectivity index (χ2v) is 8.96. The average molecular weight is 562 g/mol. The Morgan fingerprint density at radius 2 is 1.78 bits per heavy atom. The molecule has 0 aliphatic rings. The standard InChI is InChI=1S/C26H20BrN5O5/c1-15-12-19-22(26(35)31(2)23(19)20(27)13-15)29-30-25(34)21(28-24(33)17-6-4-3-5-7-17)14-16-8-10-18(11-9-16)32(36)37/h3-14,35H,1-2H3,(H,28,33). The van der Waals surface area contributed by atoms with Crippen molar-refractivity contribution in [3.05, 3.63) is 104 Å². The molecule has 10 nitrogen and oxygen atoms in total. The van der Waals surface area contributed by atoms with Crippen LogP contribution in [0.5, 0.6) is 5.88 Å². The minimum atomic E-state index is -0.884. The first kappa shape index (κ1) is 25.5. The van der Waals surface area contributed by atoms with Gasteiger partial charge in [0.15, 0.2) is 5.69 Å². The number of nitrogens with zero attached hydrogens (tertiary/aromatic N) is 4. The maximum atomic E-state index is 13.1.